The maximum Gasteiger partial charge on any atom is 0.122 e. The predicted octanol–water partition coefficient (Wildman–Crippen LogP) is 6.89. The zero-order chi connectivity index (χ0) is 27.0. The summed E-state index contributed by atoms with van der Waals surface area (Å²) in [5.41, 5.74) is 26.2. The van der Waals surface area contributed by atoms with Gasteiger partial charge >= 0.3 is 0 Å². The molecule has 0 saturated heterocycles. The predicted molar refractivity (Wildman–Crippen MR) is 155 cm³/mol. The van der Waals surface area contributed by atoms with E-state index >= 15 is 0 Å². The first kappa shape index (κ1) is 26.2. The largest absolute Gasteiger partial charge is 0.507 e. The van der Waals surface area contributed by atoms with Gasteiger partial charge in [-0.2, -0.15) is 0 Å². The van der Waals surface area contributed by atoms with Gasteiger partial charge in [0, 0.05) is 24.2 Å². The molecule has 0 radical (unpaired) electrons. The number of nitrogens with two attached hydrogens (primary N) is 2. The Morgan fingerprint density at radius 2 is 0.703 bits per heavy atom. The van der Waals surface area contributed by atoms with Gasteiger partial charge in [-0.1, -0.05) is 48.5 Å². The van der Waals surface area contributed by atoms with E-state index in [4.69, 9.17) is 11.5 Å². The SMILES string of the molecule is Cc1cc(Cc2cc(Cc3cc(C)c(O)c(Cc4cc(C)c(N)c(C)c4)c3)cc(C)c2O)cc(C)c1N. The fourth-order valence-electron chi connectivity index (χ4n) is 5.35. The topological polar surface area (TPSA) is 92.5 Å². The van der Waals surface area contributed by atoms with Crippen LogP contribution in [0.15, 0.2) is 48.5 Å². The molecule has 0 aliphatic heterocycles. The van der Waals surface area contributed by atoms with Crippen LogP contribution in [0.5, 0.6) is 11.5 Å². The van der Waals surface area contributed by atoms with Gasteiger partial charge in [-0.15, -0.1) is 0 Å². The van der Waals surface area contributed by atoms with E-state index in [-0.39, 0.29) is 0 Å². The summed E-state index contributed by atoms with van der Waals surface area (Å²) in [6, 6.07) is 16.7. The Morgan fingerprint density at radius 3 is 1.03 bits per heavy atom. The van der Waals surface area contributed by atoms with Gasteiger partial charge in [0.15, 0.2) is 0 Å². The van der Waals surface area contributed by atoms with E-state index < -0.39 is 0 Å². The summed E-state index contributed by atoms with van der Waals surface area (Å²) < 4.78 is 0. The first-order chi connectivity index (χ1) is 17.4. The fraction of sp³-hybridized carbons (Fsp3) is 0.273. The molecule has 192 valence electrons. The van der Waals surface area contributed by atoms with Crippen LogP contribution in [0.25, 0.3) is 0 Å². The Labute approximate surface area is 220 Å². The lowest BCUT2D eigenvalue weighted by Crippen LogP contribution is -2.00. The number of benzene rings is 4. The molecule has 0 saturated carbocycles. The smallest absolute Gasteiger partial charge is 0.122 e. The molecule has 0 heterocycles. The van der Waals surface area contributed by atoms with Gasteiger partial charge in [-0.3, -0.25) is 0 Å². The minimum atomic E-state index is 0.340. The van der Waals surface area contributed by atoms with Crippen molar-refractivity contribution in [3.05, 3.63) is 115 Å². The van der Waals surface area contributed by atoms with Gasteiger partial charge in [-0.25, -0.2) is 0 Å². The summed E-state index contributed by atoms with van der Waals surface area (Å²) in [4.78, 5) is 0. The molecule has 4 aromatic carbocycles. The normalized spacial score (nSPS) is 11.2. The third-order valence-electron chi connectivity index (χ3n) is 7.38. The molecule has 0 bridgehead atoms. The maximum atomic E-state index is 10.8. The number of phenols is 2. The molecule has 4 aromatic rings. The average molecular weight is 495 g/mol. The lowest BCUT2D eigenvalue weighted by atomic mass is 9.92. The van der Waals surface area contributed by atoms with E-state index in [0.717, 1.165) is 78.1 Å². The van der Waals surface area contributed by atoms with Gasteiger partial charge in [0.05, 0.1) is 0 Å². The van der Waals surface area contributed by atoms with Crippen LogP contribution >= 0.6 is 0 Å². The van der Waals surface area contributed by atoms with Gasteiger partial charge in [-0.05, 0) is 115 Å². The number of aryl methyl sites for hydroxylation is 6. The lowest BCUT2D eigenvalue weighted by Gasteiger charge is -2.15. The van der Waals surface area contributed by atoms with Crippen LogP contribution in [-0.2, 0) is 19.3 Å². The molecule has 4 rings (SSSR count). The first-order valence-corrected chi connectivity index (χ1v) is 12.8. The highest BCUT2D eigenvalue weighted by Crippen LogP contribution is 2.32. The second-order valence-electron chi connectivity index (χ2n) is 10.7. The second kappa shape index (κ2) is 10.2. The van der Waals surface area contributed by atoms with E-state index in [9.17, 15) is 10.2 Å². The van der Waals surface area contributed by atoms with Crippen molar-refractivity contribution in [3.63, 3.8) is 0 Å². The van der Waals surface area contributed by atoms with Gasteiger partial charge < -0.3 is 21.7 Å². The zero-order valence-corrected chi connectivity index (χ0v) is 22.8. The molecular weight excluding hydrogens is 456 g/mol. The van der Waals surface area contributed by atoms with Crippen LogP contribution in [0.1, 0.15) is 66.8 Å². The van der Waals surface area contributed by atoms with Gasteiger partial charge in [0.2, 0.25) is 0 Å². The van der Waals surface area contributed by atoms with Crippen molar-refractivity contribution in [2.75, 3.05) is 11.5 Å². The van der Waals surface area contributed by atoms with Crippen molar-refractivity contribution < 1.29 is 10.2 Å². The van der Waals surface area contributed by atoms with Crippen LogP contribution in [-0.4, -0.2) is 10.2 Å². The van der Waals surface area contributed by atoms with Crippen LogP contribution in [0.3, 0.4) is 0 Å². The summed E-state index contributed by atoms with van der Waals surface area (Å²) >= 11 is 0. The zero-order valence-electron chi connectivity index (χ0n) is 22.8. The van der Waals surface area contributed by atoms with E-state index in [1.807, 2.05) is 53.7 Å². The minimum absolute atomic E-state index is 0.340. The van der Waals surface area contributed by atoms with Crippen molar-refractivity contribution in [1.82, 2.24) is 0 Å². The van der Waals surface area contributed by atoms with Crippen LogP contribution < -0.4 is 11.5 Å². The Kier molecular flexibility index (Phi) is 7.22. The maximum absolute atomic E-state index is 10.8. The Morgan fingerprint density at radius 1 is 0.432 bits per heavy atom. The average Bonchev–Trinajstić information content (AvgIpc) is 2.82. The molecule has 0 fully saturated rings. The second-order valence-corrected chi connectivity index (χ2v) is 10.7. The standard InChI is InChI=1S/C33H38N2O2/c1-18-7-24(8-19(2)30(18)34)14-28-16-26(11-22(5)32(28)36)13-27-12-23(6)33(37)29(17-27)15-25-9-20(3)31(35)21(4)10-25/h7-12,16-17,36-37H,13-15,34-35H2,1-6H3. The molecule has 0 aromatic heterocycles. The highest BCUT2D eigenvalue weighted by molar-refractivity contribution is 5.57. The number of rotatable bonds is 6. The molecule has 37 heavy (non-hydrogen) atoms. The quantitative estimate of drug-likeness (QED) is 0.220. The summed E-state index contributed by atoms with van der Waals surface area (Å²) in [7, 11) is 0. The van der Waals surface area contributed by atoms with Crippen molar-refractivity contribution in [3.8, 4) is 11.5 Å². The van der Waals surface area contributed by atoms with Crippen LogP contribution in [0.4, 0.5) is 11.4 Å². The Hall–Kier alpha value is -3.92. The monoisotopic (exact) mass is 494 g/mol. The highest BCUT2D eigenvalue weighted by atomic mass is 16.3. The number of aromatic hydroxyl groups is 2. The van der Waals surface area contributed by atoms with Crippen LogP contribution in [0.2, 0.25) is 0 Å². The number of hydrogen-bond acceptors (Lipinski definition) is 4. The Balaban J connectivity index is 1.65. The molecule has 4 heteroatoms. The number of hydrogen-bond donors (Lipinski definition) is 4. The molecule has 0 atom stereocenters. The van der Waals surface area contributed by atoms with E-state index in [2.05, 4.69) is 36.4 Å². The van der Waals surface area contributed by atoms with Gasteiger partial charge in [0.1, 0.15) is 11.5 Å². The Bertz CT molecular complexity index is 1340. The molecule has 4 nitrogen and oxygen atoms in total. The summed E-state index contributed by atoms with van der Waals surface area (Å²) in [6.07, 6.45) is 1.98. The number of anilines is 2. The fourth-order valence-corrected chi connectivity index (χ4v) is 5.35. The molecular formula is C33H38N2O2. The van der Waals surface area contributed by atoms with Crippen molar-refractivity contribution in [2.24, 2.45) is 0 Å². The van der Waals surface area contributed by atoms with Gasteiger partial charge in [0.25, 0.3) is 0 Å². The number of nitrogen functional groups attached to an aromatic ring is 2. The molecule has 0 unspecified atom stereocenters. The van der Waals surface area contributed by atoms with Crippen molar-refractivity contribution >= 4 is 11.4 Å². The molecule has 0 aliphatic rings. The summed E-state index contributed by atoms with van der Waals surface area (Å²) in [6.45, 7) is 12.0. The van der Waals surface area contributed by atoms with E-state index in [1.165, 1.54) is 0 Å². The summed E-state index contributed by atoms with van der Waals surface area (Å²) in [5, 5.41) is 21.7. The molecule has 6 N–H and O–H groups in total. The first-order valence-electron chi connectivity index (χ1n) is 12.8. The molecule has 0 spiro atoms. The molecule has 0 aliphatic carbocycles. The number of phenolic OH excluding ortho intramolecular Hbond substituents is 2. The van der Waals surface area contributed by atoms with E-state index in [1.54, 1.807) is 0 Å². The third kappa shape index (κ3) is 5.59. The summed E-state index contributed by atoms with van der Waals surface area (Å²) in [5.74, 6) is 0.681. The highest BCUT2D eigenvalue weighted by Gasteiger charge is 2.13. The van der Waals surface area contributed by atoms with Crippen molar-refractivity contribution in [1.29, 1.82) is 0 Å². The third-order valence-corrected chi connectivity index (χ3v) is 7.38. The van der Waals surface area contributed by atoms with E-state index in [0.29, 0.717) is 30.8 Å². The van der Waals surface area contributed by atoms with Crippen molar-refractivity contribution in [2.45, 2.75) is 60.8 Å². The lowest BCUT2D eigenvalue weighted by molar-refractivity contribution is 0.465. The molecule has 0 amide bonds. The van der Waals surface area contributed by atoms with Crippen LogP contribution in [0, 0.1) is 41.5 Å². The minimum Gasteiger partial charge on any atom is -0.507 e.